The highest BCUT2D eigenvalue weighted by atomic mass is 35.5. The fourth-order valence-electron chi connectivity index (χ4n) is 2.36. The normalized spacial score (nSPS) is 10.4. The second kappa shape index (κ2) is 9.99. The third-order valence-electron chi connectivity index (χ3n) is 3.76. The van der Waals surface area contributed by atoms with Gasteiger partial charge in [-0.2, -0.15) is 0 Å². The average Bonchev–Trinajstić information content (AvgIpc) is 2.61. The number of rotatable bonds is 9. The van der Waals surface area contributed by atoms with Crippen LogP contribution in [0.3, 0.4) is 0 Å². The summed E-state index contributed by atoms with van der Waals surface area (Å²) in [5, 5.41) is 3.63. The van der Waals surface area contributed by atoms with Gasteiger partial charge < -0.3 is 10.1 Å². The topological polar surface area (TPSA) is 38.3 Å². The number of hydrogen-bond donors (Lipinski definition) is 1. The van der Waals surface area contributed by atoms with Gasteiger partial charge in [0.25, 0.3) is 5.91 Å². The lowest BCUT2D eigenvalue weighted by atomic mass is 10.2. The van der Waals surface area contributed by atoms with Crippen LogP contribution in [-0.2, 0) is 6.61 Å². The van der Waals surface area contributed by atoms with E-state index in [1.807, 2.05) is 36.4 Å². The summed E-state index contributed by atoms with van der Waals surface area (Å²) < 4.78 is 5.76. The molecule has 0 saturated heterocycles. The van der Waals surface area contributed by atoms with Crippen molar-refractivity contribution in [1.29, 1.82) is 0 Å². The molecule has 0 spiro atoms. The number of unbranched alkanes of at least 4 members (excludes halogenated alkanes) is 3. The van der Waals surface area contributed by atoms with Crippen molar-refractivity contribution in [3.63, 3.8) is 0 Å². The molecule has 2 rings (SSSR count). The van der Waals surface area contributed by atoms with Gasteiger partial charge in [0.2, 0.25) is 0 Å². The van der Waals surface area contributed by atoms with E-state index in [1.54, 1.807) is 12.1 Å². The molecule has 0 aliphatic carbocycles. The molecular weight excluding hydrogens is 322 g/mol. The van der Waals surface area contributed by atoms with Gasteiger partial charge in [0.05, 0.1) is 0 Å². The molecule has 2 aromatic carbocycles. The lowest BCUT2D eigenvalue weighted by Gasteiger charge is -2.10. The third kappa shape index (κ3) is 5.89. The van der Waals surface area contributed by atoms with Crippen molar-refractivity contribution < 1.29 is 9.53 Å². The predicted octanol–water partition coefficient (Wildman–Crippen LogP) is 5.23. The highest BCUT2D eigenvalue weighted by Gasteiger charge is 2.07. The number of amides is 1. The standard InChI is InChI=1S/C20H24ClNO2/c1-2-3-4-7-13-22-20(23)16-10-8-11-18(14-16)24-15-17-9-5-6-12-19(17)21/h5-6,8-12,14H,2-4,7,13,15H2,1H3,(H,22,23). The van der Waals surface area contributed by atoms with Gasteiger partial charge in [-0.1, -0.05) is 62.1 Å². The van der Waals surface area contributed by atoms with Crippen LogP contribution in [0.2, 0.25) is 5.02 Å². The van der Waals surface area contributed by atoms with Gasteiger partial charge >= 0.3 is 0 Å². The first-order chi connectivity index (χ1) is 11.7. The second-order valence-corrected chi connectivity index (χ2v) is 6.13. The van der Waals surface area contributed by atoms with E-state index in [0.717, 1.165) is 18.4 Å². The minimum Gasteiger partial charge on any atom is -0.489 e. The summed E-state index contributed by atoms with van der Waals surface area (Å²) in [6.45, 7) is 3.26. The van der Waals surface area contributed by atoms with Crippen molar-refractivity contribution in [2.24, 2.45) is 0 Å². The quantitative estimate of drug-likeness (QED) is 0.632. The van der Waals surface area contributed by atoms with Crippen LogP contribution < -0.4 is 10.1 Å². The Morgan fingerprint density at radius 3 is 2.71 bits per heavy atom. The molecule has 1 N–H and O–H groups in total. The first-order valence-electron chi connectivity index (χ1n) is 8.45. The number of carbonyl (C=O) groups excluding carboxylic acids is 1. The number of benzene rings is 2. The van der Waals surface area contributed by atoms with Crippen LogP contribution in [0.4, 0.5) is 0 Å². The summed E-state index contributed by atoms with van der Waals surface area (Å²) >= 11 is 6.12. The minimum absolute atomic E-state index is 0.0605. The molecule has 128 valence electrons. The molecule has 4 heteroatoms. The average molecular weight is 346 g/mol. The molecule has 0 aromatic heterocycles. The molecule has 2 aromatic rings. The molecule has 3 nitrogen and oxygen atoms in total. The molecular formula is C20H24ClNO2. The molecule has 24 heavy (non-hydrogen) atoms. The molecule has 0 saturated carbocycles. The zero-order chi connectivity index (χ0) is 17.2. The van der Waals surface area contributed by atoms with E-state index in [2.05, 4.69) is 12.2 Å². The monoisotopic (exact) mass is 345 g/mol. The predicted molar refractivity (Wildman–Crippen MR) is 98.7 cm³/mol. The van der Waals surface area contributed by atoms with Gasteiger partial charge in [-0.15, -0.1) is 0 Å². The summed E-state index contributed by atoms with van der Waals surface area (Å²) in [5.74, 6) is 0.600. The molecule has 0 aliphatic heterocycles. The van der Waals surface area contributed by atoms with E-state index < -0.39 is 0 Å². The Bertz CT molecular complexity index is 658. The Balaban J connectivity index is 1.86. The Hall–Kier alpha value is -2.00. The Labute approximate surface area is 149 Å². The van der Waals surface area contributed by atoms with Gasteiger partial charge in [-0.05, 0) is 30.7 Å². The first-order valence-corrected chi connectivity index (χ1v) is 8.83. The summed E-state index contributed by atoms with van der Waals surface area (Å²) in [4.78, 5) is 12.2. The van der Waals surface area contributed by atoms with Gasteiger partial charge in [0.15, 0.2) is 0 Å². The maximum atomic E-state index is 12.2. The van der Waals surface area contributed by atoms with E-state index >= 15 is 0 Å². The third-order valence-corrected chi connectivity index (χ3v) is 4.13. The van der Waals surface area contributed by atoms with Crippen molar-refractivity contribution in [1.82, 2.24) is 5.32 Å². The van der Waals surface area contributed by atoms with Crippen molar-refractivity contribution in [2.45, 2.75) is 39.2 Å². The fraction of sp³-hybridized carbons (Fsp3) is 0.350. The van der Waals surface area contributed by atoms with E-state index in [9.17, 15) is 4.79 Å². The Morgan fingerprint density at radius 1 is 1.08 bits per heavy atom. The summed E-state index contributed by atoms with van der Waals surface area (Å²) in [6.07, 6.45) is 4.57. The smallest absolute Gasteiger partial charge is 0.251 e. The maximum absolute atomic E-state index is 12.2. The zero-order valence-corrected chi connectivity index (χ0v) is 14.8. The van der Waals surface area contributed by atoms with E-state index in [0.29, 0.717) is 29.5 Å². The molecule has 0 heterocycles. The molecule has 0 bridgehead atoms. The fourth-order valence-corrected chi connectivity index (χ4v) is 2.55. The van der Waals surface area contributed by atoms with Crippen molar-refractivity contribution in [3.8, 4) is 5.75 Å². The number of ether oxygens (including phenoxy) is 1. The lowest BCUT2D eigenvalue weighted by molar-refractivity contribution is 0.0952. The number of carbonyl (C=O) groups is 1. The maximum Gasteiger partial charge on any atom is 0.251 e. The van der Waals surface area contributed by atoms with Gasteiger partial charge in [0.1, 0.15) is 12.4 Å². The van der Waals surface area contributed by atoms with E-state index in [-0.39, 0.29) is 5.91 Å². The van der Waals surface area contributed by atoms with Crippen LogP contribution in [0.5, 0.6) is 5.75 Å². The Kier molecular flexibility index (Phi) is 7.63. The highest BCUT2D eigenvalue weighted by Crippen LogP contribution is 2.19. The van der Waals surface area contributed by atoms with Gasteiger partial charge in [-0.3, -0.25) is 4.79 Å². The largest absolute Gasteiger partial charge is 0.489 e. The van der Waals surface area contributed by atoms with E-state index in [1.165, 1.54) is 12.8 Å². The van der Waals surface area contributed by atoms with Crippen LogP contribution in [0.25, 0.3) is 0 Å². The zero-order valence-electron chi connectivity index (χ0n) is 14.1. The highest BCUT2D eigenvalue weighted by molar-refractivity contribution is 6.31. The van der Waals surface area contributed by atoms with Crippen LogP contribution >= 0.6 is 11.6 Å². The number of nitrogens with one attached hydrogen (secondary N) is 1. The van der Waals surface area contributed by atoms with Crippen molar-refractivity contribution in [2.75, 3.05) is 6.54 Å². The molecule has 1 amide bonds. The van der Waals surface area contributed by atoms with Crippen LogP contribution in [0, 0.1) is 0 Å². The van der Waals surface area contributed by atoms with Gasteiger partial charge in [0, 0.05) is 22.7 Å². The first kappa shape index (κ1) is 18.3. The molecule has 0 atom stereocenters. The second-order valence-electron chi connectivity index (χ2n) is 5.72. The van der Waals surface area contributed by atoms with Crippen molar-refractivity contribution in [3.05, 3.63) is 64.7 Å². The molecule has 0 radical (unpaired) electrons. The van der Waals surface area contributed by atoms with Crippen molar-refractivity contribution >= 4 is 17.5 Å². The number of hydrogen-bond acceptors (Lipinski definition) is 2. The van der Waals surface area contributed by atoms with Crippen LogP contribution in [0.15, 0.2) is 48.5 Å². The van der Waals surface area contributed by atoms with E-state index in [4.69, 9.17) is 16.3 Å². The van der Waals surface area contributed by atoms with Crippen LogP contribution in [-0.4, -0.2) is 12.5 Å². The van der Waals surface area contributed by atoms with Gasteiger partial charge in [-0.25, -0.2) is 0 Å². The molecule has 0 fully saturated rings. The summed E-state index contributed by atoms with van der Waals surface area (Å²) in [7, 11) is 0. The SMILES string of the molecule is CCCCCCNC(=O)c1cccc(OCc2ccccc2Cl)c1. The summed E-state index contributed by atoms with van der Waals surface area (Å²) in [6, 6.07) is 14.8. The molecule has 0 unspecified atom stereocenters. The molecule has 0 aliphatic rings. The Morgan fingerprint density at radius 2 is 1.92 bits per heavy atom. The van der Waals surface area contributed by atoms with Crippen LogP contribution in [0.1, 0.15) is 48.5 Å². The minimum atomic E-state index is -0.0605. The summed E-state index contributed by atoms with van der Waals surface area (Å²) in [5.41, 5.74) is 1.53. The lowest BCUT2D eigenvalue weighted by Crippen LogP contribution is -2.24. The number of halogens is 1.